The minimum atomic E-state index is -0.399. The topological polar surface area (TPSA) is 105 Å². The van der Waals surface area contributed by atoms with Crippen molar-refractivity contribution in [2.75, 3.05) is 49.6 Å². The number of nitrogens with zero attached hydrogens (tertiary/aromatic N) is 6. The van der Waals surface area contributed by atoms with Crippen LogP contribution in [0.2, 0.25) is 0 Å². The fourth-order valence-corrected chi connectivity index (χ4v) is 5.19. The van der Waals surface area contributed by atoms with E-state index in [-0.39, 0.29) is 17.6 Å². The van der Waals surface area contributed by atoms with Gasteiger partial charge in [-0.2, -0.15) is 4.37 Å². The van der Waals surface area contributed by atoms with Gasteiger partial charge in [0.25, 0.3) is 5.69 Å². The van der Waals surface area contributed by atoms with Gasteiger partial charge in [-0.15, -0.1) is 0 Å². The number of hydrogen-bond donors (Lipinski definition) is 0. The van der Waals surface area contributed by atoms with E-state index in [0.717, 1.165) is 28.0 Å². The van der Waals surface area contributed by atoms with Crippen molar-refractivity contribution < 1.29 is 14.5 Å². The van der Waals surface area contributed by atoms with E-state index in [4.69, 9.17) is 9.72 Å². The number of non-ortho nitro benzene ring substituents is 1. The summed E-state index contributed by atoms with van der Waals surface area (Å²) in [5, 5.41) is 11.7. The zero-order valence-corrected chi connectivity index (χ0v) is 22.2. The molecule has 4 rings (SSSR count). The van der Waals surface area contributed by atoms with Gasteiger partial charge in [0.15, 0.2) is 0 Å². The van der Waals surface area contributed by atoms with Crippen molar-refractivity contribution in [3.8, 4) is 5.75 Å². The van der Waals surface area contributed by atoms with E-state index in [9.17, 15) is 14.9 Å². The van der Waals surface area contributed by atoms with Gasteiger partial charge in [0.2, 0.25) is 11.0 Å². The molecule has 11 heteroatoms. The number of methoxy groups -OCH3 is 1. The number of ether oxygens (including phenoxy) is 1. The maximum atomic E-state index is 13.0. The number of nitro groups is 1. The number of benzene rings is 2. The van der Waals surface area contributed by atoms with E-state index >= 15 is 0 Å². The lowest BCUT2D eigenvalue weighted by Crippen LogP contribution is -2.49. The highest BCUT2D eigenvalue weighted by molar-refractivity contribution is 7.09. The molecule has 0 bridgehead atoms. The summed E-state index contributed by atoms with van der Waals surface area (Å²) in [4.78, 5) is 34.4. The van der Waals surface area contributed by atoms with Crippen molar-refractivity contribution in [1.29, 1.82) is 0 Å². The minimum absolute atomic E-state index is 0.0788. The molecule has 37 heavy (non-hydrogen) atoms. The summed E-state index contributed by atoms with van der Waals surface area (Å²) in [7, 11) is 1.65. The third-order valence-electron chi connectivity index (χ3n) is 6.45. The summed E-state index contributed by atoms with van der Waals surface area (Å²) in [6, 6.07) is 14.6. The van der Waals surface area contributed by atoms with Crippen molar-refractivity contribution in [2.45, 2.75) is 32.7 Å². The van der Waals surface area contributed by atoms with Crippen LogP contribution in [0.1, 0.15) is 31.7 Å². The van der Waals surface area contributed by atoms with Gasteiger partial charge in [0, 0.05) is 81.0 Å². The van der Waals surface area contributed by atoms with Gasteiger partial charge in [0.05, 0.1) is 12.0 Å². The maximum absolute atomic E-state index is 13.0. The molecular weight excluding hydrogens is 492 g/mol. The lowest BCUT2D eigenvalue weighted by molar-refractivity contribution is -0.384. The van der Waals surface area contributed by atoms with Crippen LogP contribution >= 0.6 is 11.5 Å². The van der Waals surface area contributed by atoms with Crippen molar-refractivity contribution in [3.63, 3.8) is 0 Å². The molecule has 10 nitrogen and oxygen atoms in total. The summed E-state index contributed by atoms with van der Waals surface area (Å²) in [6.45, 7) is 7.41. The highest BCUT2D eigenvalue weighted by Gasteiger charge is 2.23. The average molecular weight is 525 g/mol. The summed E-state index contributed by atoms with van der Waals surface area (Å²) in [6.07, 6.45) is 1.03. The minimum Gasteiger partial charge on any atom is -0.497 e. The molecule has 0 radical (unpaired) electrons. The Kier molecular flexibility index (Phi) is 8.54. The van der Waals surface area contributed by atoms with Crippen LogP contribution in [0.3, 0.4) is 0 Å². The molecule has 2 heterocycles. The second-order valence-corrected chi connectivity index (χ2v) is 9.93. The number of amides is 1. The lowest BCUT2D eigenvalue weighted by Gasteiger charge is -2.36. The average Bonchev–Trinajstić information content (AvgIpc) is 3.36. The molecular formula is C26H32N6O4S. The van der Waals surface area contributed by atoms with Crippen LogP contribution in [0, 0.1) is 10.1 Å². The molecule has 196 valence electrons. The largest absolute Gasteiger partial charge is 0.497 e. The Morgan fingerprint density at radius 2 is 1.89 bits per heavy atom. The fraction of sp³-hybridized carbons (Fsp3) is 0.423. The molecule has 1 aliphatic rings. The van der Waals surface area contributed by atoms with Gasteiger partial charge in [-0.1, -0.05) is 12.1 Å². The SMILES string of the molecule is COc1cccc(Cc2nsc(N(CCC(=O)N3CCN(c4ccc([N+](=O)[O-])cc4)CC3)C(C)C)n2)c1. The Morgan fingerprint density at radius 3 is 2.54 bits per heavy atom. The molecule has 0 saturated carbocycles. The standard InChI is InChI=1S/C26H32N6O4S/c1-19(2)31(26-27-24(28-37-26)18-20-5-4-6-23(17-20)36-3)12-11-25(33)30-15-13-29(14-16-30)21-7-9-22(10-8-21)32(34)35/h4-10,17,19H,11-16,18H2,1-3H3. The first-order valence-electron chi connectivity index (χ1n) is 12.3. The molecule has 1 aromatic heterocycles. The highest BCUT2D eigenvalue weighted by Crippen LogP contribution is 2.24. The Labute approximate surface area is 220 Å². The lowest BCUT2D eigenvalue weighted by atomic mass is 10.1. The predicted octanol–water partition coefficient (Wildman–Crippen LogP) is 4.00. The number of rotatable bonds is 10. The van der Waals surface area contributed by atoms with Crippen molar-refractivity contribution in [1.82, 2.24) is 14.3 Å². The van der Waals surface area contributed by atoms with Gasteiger partial charge in [-0.05, 0) is 43.7 Å². The van der Waals surface area contributed by atoms with Crippen LogP contribution in [-0.4, -0.2) is 71.0 Å². The van der Waals surface area contributed by atoms with Crippen molar-refractivity contribution >= 4 is 33.9 Å². The van der Waals surface area contributed by atoms with Gasteiger partial charge in [-0.25, -0.2) is 4.98 Å². The zero-order chi connectivity index (χ0) is 26.4. The van der Waals surface area contributed by atoms with E-state index in [1.54, 1.807) is 19.2 Å². The Morgan fingerprint density at radius 1 is 1.16 bits per heavy atom. The smallest absolute Gasteiger partial charge is 0.269 e. The van der Waals surface area contributed by atoms with Crippen LogP contribution < -0.4 is 14.5 Å². The highest BCUT2D eigenvalue weighted by atomic mass is 32.1. The molecule has 0 N–H and O–H groups in total. The van der Waals surface area contributed by atoms with E-state index in [0.29, 0.717) is 45.6 Å². The Hall–Kier alpha value is -3.73. The van der Waals surface area contributed by atoms with Crippen LogP contribution in [0.4, 0.5) is 16.5 Å². The third-order valence-corrected chi connectivity index (χ3v) is 7.24. The van der Waals surface area contributed by atoms with Gasteiger partial charge < -0.3 is 19.4 Å². The second kappa shape index (κ2) is 12.0. The first-order chi connectivity index (χ1) is 17.8. The number of carbonyl (C=O) groups is 1. The van der Waals surface area contributed by atoms with Crippen LogP contribution in [0.15, 0.2) is 48.5 Å². The molecule has 2 aromatic carbocycles. The predicted molar refractivity (Wildman–Crippen MR) is 145 cm³/mol. The van der Waals surface area contributed by atoms with Gasteiger partial charge in [-0.3, -0.25) is 14.9 Å². The molecule has 0 spiro atoms. The molecule has 1 amide bonds. The normalized spacial score (nSPS) is 13.6. The summed E-state index contributed by atoms with van der Waals surface area (Å²) < 4.78 is 9.85. The van der Waals surface area contributed by atoms with Crippen molar-refractivity contribution in [2.24, 2.45) is 0 Å². The fourth-order valence-electron chi connectivity index (χ4n) is 4.35. The van der Waals surface area contributed by atoms with E-state index < -0.39 is 4.92 Å². The first-order valence-corrected chi connectivity index (χ1v) is 13.1. The third kappa shape index (κ3) is 6.73. The number of piperazine rings is 1. The summed E-state index contributed by atoms with van der Waals surface area (Å²) in [5.41, 5.74) is 2.10. The molecule has 0 aliphatic carbocycles. The number of hydrogen-bond acceptors (Lipinski definition) is 9. The van der Waals surface area contributed by atoms with E-state index in [2.05, 4.69) is 28.0 Å². The number of aromatic nitrogens is 2. The Bertz CT molecular complexity index is 1210. The second-order valence-electron chi connectivity index (χ2n) is 9.20. The zero-order valence-electron chi connectivity index (χ0n) is 21.4. The monoisotopic (exact) mass is 524 g/mol. The van der Waals surface area contributed by atoms with Crippen molar-refractivity contribution in [3.05, 3.63) is 70.0 Å². The van der Waals surface area contributed by atoms with Gasteiger partial charge in [0.1, 0.15) is 11.6 Å². The van der Waals surface area contributed by atoms with Crippen LogP contribution in [-0.2, 0) is 11.2 Å². The van der Waals surface area contributed by atoms with Crippen LogP contribution in [0.25, 0.3) is 0 Å². The molecule has 1 saturated heterocycles. The Balaban J connectivity index is 1.29. The molecule has 1 fully saturated rings. The number of carbonyl (C=O) groups excluding carboxylic acids is 1. The molecule has 0 unspecified atom stereocenters. The quantitative estimate of drug-likeness (QED) is 0.290. The van der Waals surface area contributed by atoms with E-state index in [1.165, 1.54) is 23.7 Å². The molecule has 1 aliphatic heterocycles. The maximum Gasteiger partial charge on any atom is 0.269 e. The van der Waals surface area contributed by atoms with Crippen LogP contribution in [0.5, 0.6) is 5.75 Å². The van der Waals surface area contributed by atoms with Gasteiger partial charge >= 0.3 is 0 Å². The molecule has 0 atom stereocenters. The number of anilines is 2. The number of nitro benzene ring substituents is 1. The summed E-state index contributed by atoms with van der Waals surface area (Å²) in [5.74, 6) is 1.69. The summed E-state index contributed by atoms with van der Waals surface area (Å²) >= 11 is 1.36. The van der Waals surface area contributed by atoms with E-state index in [1.807, 2.05) is 29.2 Å². The molecule has 3 aromatic rings. The first kappa shape index (κ1) is 26.3.